The zero-order valence-corrected chi connectivity index (χ0v) is 12.1. The van der Waals surface area contributed by atoms with E-state index in [9.17, 15) is 0 Å². The lowest BCUT2D eigenvalue weighted by Crippen LogP contribution is -2.53. The first-order valence-electron chi connectivity index (χ1n) is 7.50. The summed E-state index contributed by atoms with van der Waals surface area (Å²) in [5.41, 5.74) is 1.33. The van der Waals surface area contributed by atoms with Gasteiger partial charge in [0.2, 0.25) is 0 Å². The van der Waals surface area contributed by atoms with E-state index in [1.165, 1.54) is 44.5 Å². The van der Waals surface area contributed by atoms with E-state index in [2.05, 4.69) is 35.7 Å². The largest absolute Gasteiger partial charge is 0.313 e. The molecule has 2 saturated heterocycles. The second-order valence-corrected chi connectivity index (χ2v) is 6.00. The van der Waals surface area contributed by atoms with Crippen molar-refractivity contribution in [2.75, 3.05) is 46.3 Å². The van der Waals surface area contributed by atoms with E-state index in [4.69, 9.17) is 0 Å². The van der Waals surface area contributed by atoms with Crippen LogP contribution in [0.4, 0.5) is 0 Å². The fraction of sp³-hybridized carbons (Fsp3) is 0.867. The molecule has 104 valence electrons. The van der Waals surface area contributed by atoms with E-state index in [-0.39, 0.29) is 0 Å². The molecule has 3 heteroatoms. The van der Waals surface area contributed by atoms with Crippen molar-refractivity contribution in [2.45, 2.75) is 32.2 Å². The van der Waals surface area contributed by atoms with Gasteiger partial charge in [-0.25, -0.2) is 0 Å². The molecular weight excluding hydrogens is 222 g/mol. The van der Waals surface area contributed by atoms with E-state index in [0.717, 1.165) is 31.6 Å². The highest BCUT2D eigenvalue weighted by molar-refractivity contribution is 5.01. The van der Waals surface area contributed by atoms with E-state index >= 15 is 0 Å². The Morgan fingerprint density at radius 3 is 2.94 bits per heavy atom. The molecule has 2 fully saturated rings. The molecule has 0 aromatic rings. The lowest BCUT2D eigenvalue weighted by atomic mass is 9.84. The summed E-state index contributed by atoms with van der Waals surface area (Å²) >= 11 is 0. The summed E-state index contributed by atoms with van der Waals surface area (Å²) in [5, 5.41) is 3.37. The average molecular weight is 251 g/mol. The summed E-state index contributed by atoms with van der Waals surface area (Å²) < 4.78 is 0. The number of rotatable bonds is 5. The van der Waals surface area contributed by atoms with Crippen molar-refractivity contribution in [3.05, 3.63) is 12.2 Å². The van der Waals surface area contributed by atoms with E-state index < -0.39 is 0 Å². The normalized spacial score (nSPS) is 30.1. The van der Waals surface area contributed by atoms with Crippen molar-refractivity contribution in [1.29, 1.82) is 0 Å². The van der Waals surface area contributed by atoms with Gasteiger partial charge in [-0.05, 0) is 57.4 Å². The molecule has 2 aliphatic rings. The number of hydrogen-bond acceptors (Lipinski definition) is 3. The third-order valence-corrected chi connectivity index (χ3v) is 4.50. The third-order valence-electron chi connectivity index (χ3n) is 4.50. The molecule has 0 spiro atoms. The molecule has 2 unspecified atom stereocenters. The maximum absolute atomic E-state index is 4.19. The summed E-state index contributed by atoms with van der Waals surface area (Å²) in [5.74, 6) is 0.893. The smallest absolute Gasteiger partial charge is 0.0202 e. The molecule has 0 aromatic carbocycles. The van der Waals surface area contributed by atoms with Crippen LogP contribution in [0.5, 0.6) is 0 Å². The summed E-state index contributed by atoms with van der Waals surface area (Å²) in [4.78, 5) is 5.19. The van der Waals surface area contributed by atoms with Gasteiger partial charge in [0.05, 0.1) is 0 Å². The third kappa shape index (κ3) is 3.56. The Labute approximate surface area is 112 Å². The minimum Gasteiger partial charge on any atom is -0.313 e. The molecule has 18 heavy (non-hydrogen) atoms. The standard InChI is InChI=1S/C15H29N3/c1-4-16-10-13(2)11-18-9-7-15-14(12-18)6-5-8-17(15)3/h14-16H,2,4-12H2,1,3H3. The molecule has 1 N–H and O–H groups in total. The molecule has 0 saturated carbocycles. The topological polar surface area (TPSA) is 18.5 Å². The molecule has 2 rings (SSSR count). The number of hydrogen-bond donors (Lipinski definition) is 1. The van der Waals surface area contributed by atoms with Crippen molar-refractivity contribution in [3.8, 4) is 0 Å². The Morgan fingerprint density at radius 1 is 1.33 bits per heavy atom. The van der Waals surface area contributed by atoms with Crippen LogP contribution in [-0.4, -0.2) is 62.2 Å². The van der Waals surface area contributed by atoms with Crippen LogP contribution in [-0.2, 0) is 0 Å². The highest BCUT2D eigenvalue weighted by Crippen LogP contribution is 2.29. The van der Waals surface area contributed by atoms with Gasteiger partial charge in [0.15, 0.2) is 0 Å². The number of nitrogens with one attached hydrogen (secondary N) is 1. The van der Waals surface area contributed by atoms with Gasteiger partial charge in [0, 0.05) is 25.7 Å². The molecule has 2 atom stereocenters. The van der Waals surface area contributed by atoms with Crippen LogP contribution < -0.4 is 5.32 Å². The van der Waals surface area contributed by atoms with Gasteiger partial charge in [0.25, 0.3) is 0 Å². The first-order chi connectivity index (χ1) is 8.70. The number of fused-ring (bicyclic) bond motifs is 1. The van der Waals surface area contributed by atoms with E-state index in [1.54, 1.807) is 0 Å². The van der Waals surface area contributed by atoms with Gasteiger partial charge in [-0.2, -0.15) is 0 Å². The van der Waals surface area contributed by atoms with Crippen molar-refractivity contribution < 1.29 is 0 Å². The highest BCUT2D eigenvalue weighted by atomic mass is 15.2. The fourth-order valence-corrected chi connectivity index (χ4v) is 3.55. The Bertz CT molecular complexity index is 277. The number of piperidine rings is 2. The van der Waals surface area contributed by atoms with Crippen LogP contribution in [0.3, 0.4) is 0 Å². The summed E-state index contributed by atoms with van der Waals surface area (Å²) in [6.07, 6.45) is 4.14. The molecule has 3 nitrogen and oxygen atoms in total. The van der Waals surface area contributed by atoms with Gasteiger partial charge < -0.3 is 10.2 Å². The summed E-state index contributed by atoms with van der Waals surface area (Å²) in [7, 11) is 2.30. The number of nitrogens with zero attached hydrogens (tertiary/aromatic N) is 2. The Kier molecular flexibility index (Phi) is 5.22. The van der Waals surface area contributed by atoms with E-state index in [1.807, 2.05) is 0 Å². The monoisotopic (exact) mass is 251 g/mol. The minimum atomic E-state index is 0.844. The zero-order valence-electron chi connectivity index (χ0n) is 12.1. The van der Waals surface area contributed by atoms with Crippen LogP contribution in [0.25, 0.3) is 0 Å². The Hall–Kier alpha value is -0.380. The lowest BCUT2D eigenvalue weighted by molar-refractivity contribution is 0.0422. The first kappa shape index (κ1) is 14.0. The maximum atomic E-state index is 4.19. The molecule has 0 amide bonds. The fourth-order valence-electron chi connectivity index (χ4n) is 3.55. The van der Waals surface area contributed by atoms with Crippen molar-refractivity contribution >= 4 is 0 Å². The van der Waals surface area contributed by atoms with Gasteiger partial charge >= 0.3 is 0 Å². The molecule has 0 aliphatic carbocycles. The first-order valence-corrected chi connectivity index (χ1v) is 7.50. The SMILES string of the molecule is C=C(CNCC)CN1CCC2C(CCCN2C)C1. The van der Waals surface area contributed by atoms with Crippen LogP contribution in [0, 0.1) is 5.92 Å². The predicted octanol–water partition coefficient (Wildman–Crippen LogP) is 1.57. The molecule has 0 bridgehead atoms. The van der Waals surface area contributed by atoms with Gasteiger partial charge in [-0.1, -0.05) is 13.5 Å². The van der Waals surface area contributed by atoms with Crippen molar-refractivity contribution in [2.24, 2.45) is 5.92 Å². The molecular formula is C15H29N3. The second kappa shape index (κ2) is 6.69. The molecule has 0 aromatic heterocycles. The minimum absolute atomic E-state index is 0.844. The number of likely N-dealkylation sites (tertiary alicyclic amines) is 2. The van der Waals surface area contributed by atoms with Crippen molar-refractivity contribution in [3.63, 3.8) is 0 Å². The number of likely N-dealkylation sites (N-methyl/N-ethyl adjacent to an activating group) is 1. The highest BCUT2D eigenvalue weighted by Gasteiger charge is 2.33. The molecule has 2 aliphatic heterocycles. The average Bonchev–Trinajstić information content (AvgIpc) is 2.36. The molecule has 2 heterocycles. The Morgan fingerprint density at radius 2 is 2.17 bits per heavy atom. The quantitative estimate of drug-likeness (QED) is 0.748. The van der Waals surface area contributed by atoms with Gasteiger partial charge in [-0.3, -0.25) is 4.90 Å². The zero-order chi connectivity index (χ0) is 13.0. The van der Waals surface area contributed by atoms with Gasteiger partial charge in [-0.15, -0.1) is 0 Å². The second-order valence-electron chi connectivity index (χ2n) is 6.00. The predicted molar refractivity (Wildman–Crippen MR) is 77.9 cm³/mol. The summed E-state index contributed by atoms with van der Waals surface area (Å²) in [6, 6.07) is 0.844. The van der Waals surface area contributed by atoms with Crippen LogP contribution in [0.2, 0.25) is 0 Å². The lowest BCUT2D eigenvalue weighted by Gasteiger charge is -2.46. The summed E-state index contributed by atoms with van der Waals surface area (Å²) in [6.45, 7) is 13.3. The van der Waals surface area contributed by atoms with E-state index in [0.29, 0.717) is 0 Å². The Balaban J connectivity index is 1.78. The van der Waals surface area contributed by atoms with Gasteiger partial charge in [0.1, 0.15) is 0 Å². The van der Waals surface area contributed by atoms with Crippen LogP contribution in [0.1, 0.15) is 26.2 Å². The maximum Gasteiger partial charge on any atom is 0.0202 e. The van der Waals surface area contributed by atoms with Crippen LogP contribution >= 0.6 is 0 Å². The van der Waals surface area contributed by atoms with Crippen molar-refractivity contribution in [1.82, 2.24) is 15.1 Å². The van der Waals surface area contributed by atoms with Crippen LogP contribution in [0.15, 0.2) is 12.2 Å². The molecule has 0 radical (unpaired) electrons.